The molecule has 1 aliphatic rings. The summed E-state index contributed by atoms with van der Waals surface area (Å²) in [5.74, 6) is 0.250. The van der Waals surface area contributed by atoms with Crippen LogP contribution in [-0.2, 0) is 0 Å². The molecule has 2 aromatic rings. The second-order valence-corrected chi connectivity index (χ2v) is 8.93. The van der Waals surface area contributed by atoms with Crippen molar-refractivity contribution in [1.82, 2.24) is 0 Å². The number of hydrogen-bond acceptors (Lipinski definition) is 2. The number of aliphatic hydroxyl groups excluding tert-OH is 1. The van der Waals surface area contributed by atoms with Crippen molar-refractivity contribution in [1.29, 1.82) is 0 Å². The summed E-state index contributed by atoms with van der Waals surface area (Å²) in [5, 5.41) is 11.4. The van der Waals surface area contributed by atoms with Crippen LogP contribution in [0.2, 0.25) is 5.02 Å². The minimum absolute atomic E-state index is 0.00109. The van der Waals surface area contributed by atoms with Crippen molar-refractivity contribution >= 4 is 23.4 Å². The molecule has 1 atom stereocenters. The van der Waals surface area contributed by atoms with Gasteiger partial charge in [-0.1, -0.05) is 37.6 Å². The molecule has 1 unspecified atom stereocenters. The third kappa shape index (κ3) is 4.59. The van der Waals surface area contributed by atoms with Gasteiger partial charge in [0.15, 0.2) is 0 Å². The van der Waals surface area contributed by atoms with Gasteiger partial charge in [-0.3, -0.25) is 0 Å². The predicted molar refractivity (Wildman–Crippen MR) is 104 cm³/mol. The molecule has 0 radical (unpaired) electrons. The van der Waals surface area contributed by atoms with E-state index in [4.69, 9.17) is 11.6 Å². The standard InChI is InChI=1S/C21H22ClFOS/c1-21(2)12-11-18(19(24)13-21)20(14-3-5-15(22)6-4-14)25-17-9-7-16(23)8-10-17/h3-10,20,24H,11-13H2,1-2H3. The second-order valence-electron chi connectivity index (χ2n) is 7.32. The highest BCUT2D eigenvalue weighted by Gasteiger charge is 2.31. The minimum Gasteiger partial charge on any atom is -0.512 e. The van der Waals surface area contributed by atoms with E-state index in [0.29, 0.717) is 17.2 Å². The van der Waals surface area contributed by atoms with E-state index in [1.54, 1.807) is 23.9 Å². The van der Waals surface area contributed by atoms with Gasteiger partial charge < -0.3 is 5.11 Å². The van der Waals surface area contributed by atoms with Gasteiger partial charge in [-0.25, -0.2) is 4.39 Å². The van der Waals surface area contributed by atoms with Gasteiger partial charge >= 0.3 is 0 Å². The molecule has 3 rings (SSSR count). The van der Waals surface area contributed by atoms with Gasteiger partial charge in [0, 0.05) is 16.3 Å². The molecular formula is C21H22ClFOS. The van der Waals surface area contributed by atoms with Crippen LogP contribution in [0.3, 0.4) is 0 Å². The normalized spacial score (nSPS) is 18.2. The van der Waals surface area contributed by atoms with Crippen molar-refractivity contribution in [2.24, 2.45) is 5.41 Å². The molecule has 2 aromatic carbocycles. The fourth-order valence-corrected chi connectivity index (χ4v) is 4.56. The summed E-state index contributed by atoms with van der Waals surface area (Å²) in [7, 11) is 0. The molecule has 0 saturated carbocycles. The van der Waals surface area contributed by atoms with Crippen LogP contribution in [0.15, 0.2) is 64.8 Å². The average Bonchev–Trinajstić information content (AvgIpc) is 2.55. The first-order valence-corrected chi connectivity index (χ1v) is 9.68. The van der Waals surface area contributed by atoms with Gasteiger partial charge in [0.25, 0.3) is 0 Å². The lowest BCUT2D eigenvalue weighted by atomic mass is 9.76. The van der Waals surface area contributed by atoms with Crippen LogP contribution < -0.4 is 0 Å². The second kappa shape index (κ2) is 7.43. The third-order valence-corrected chi connectivity index (χ3v) is 6.23. The molecule has 132 valence electrons. The maximum Gasteiger partial charge on any atom is 0.123 e. The lowest BCUT2D eigenvalue weighted by molar-refractivity contribution is 0.238. The van der Waals surface area contributed by atoms with Gasteiger partial charge in [0.1, 0.15) is 5.82 Å². The molecule has 0 spiro atoms. The number of halogens is 2. The molecule has 4 heteroatoms. The zero-order valence-electron chi connectivity index (χ0n) is 14.4. The fraction of sp³-hybridized carbons (Fsp3) is 0.333. The Morgan fingerprint density at radius 2 is 1.72 bits per heavy atom. The Kier molecular flexibility index (Phi) is 5.45. The Morgan fingerprint density at radius 1 is 1.08 bits per heavy atom. The first-order valence-electron chi connectivity index (χ1n) is 8.43. The number of allylic oxidation sites excluding steroid dienone is 1. The van der Waals surface area contributed by atoms with E-state index in [-0.39, 0.29) is 16.5 Å². The molecule has 0 aromatic heterocycles. The lowest BCUT2D eigenvalue weighted by Gasteiger charge is -2.33. The van der Waals surface area contributed by atoms with Crippen LogP contribution in [0.5, 0.6) is 0 Å². The van der Waals surface area contributed by atoms with Gasteiger partial charge in [-0.15, -0.1) is 11.8 Å². The minimum atomic E-state index is -0.242. The molecule has 25 heavy (non-hydrogen) atoms. The van der Waals surface area contributed by atoms with E-state index < -0.39 is 0 Å². The van der Waals surface area contributed by atoms with Crippen LogP contribution in [-0.4, -0.2) is 5.11 Å². The number of aliphatic hydroxyl groups is 1. The Balaban J connectivity index is 1.97. The first kappa shape index (κ1) is 18.3. The van der Waals surface area contributed by atoms with Crippen LogP contribution in [0.1, 0.15) is 43.9 Å². The average molecular weight is 377 g/mol. The monoisotopic (exact) mass is 376 g/mol. The van der Waals surface area contributed by atoms with E-state index in [0.717, 1.165) is 28.9 Å². The van der Waals surface area contributed by atoms with Crippen LogP contribution in [0.4, 0.5) is 4.39 Å². The molecule has 1 aliphatic carbocycles. The molecule has 0 heterocycles. The van der Waals surface area contributed by atoms with Gasteiger partial charge in [0.2, 0.25) is 0 Å². The summed E-state index contributed by atoms with van der Waals surface area (Å²) >= 11 is 7.68. The van der Waals surface area contributed by atoms with E-state index in [9.17, 15) is 9.50 Å². The highest BCUT2D eigenvalue weighted by molar-refractivity contribution is 7.99. The molecule has 0 fully saturated rings. The topological polar surface area (TPSA) is 20.2 Å². The van der Waals surface area contributed by atoms with Crippen LogP contribution in [0.25, 0.3) is 0 Å². The van der Waals surface area contributed by atoms with Crippen molar-refractivity contribution < 1.29 is 9.50 Å². The van der Waals surface area contributed by atoms with Crippen molar-refractivity contribution in [3.05, 3.63) is 76.3 Å². The molecule has 0 amide bonds. The maximum absolute atomic E-state index is 13.2. The molecule has 1 nitrogen and oxygen atoms in total. The lowest BCUT2D eigenvalue weighted by Crippen LogP contribution is -2.20. The van der Waals surface area contributed by atoms with Crippen molar-refractivity contribution in [3.63, 3.8) is 0 Å². The Labute approximate surface area is 157 Å². The van der Waals surface area contributed by atoms with Crippen molar-refractivity contribution in [3.8, 4) is 0 Å². The highest BCUT2D eigenvalue weighted by Crippen LogP contribution is 2.48. The number of rotatable bonds is 4. The highest BCUT2D eigenvalue weighted by atomic mass is 35.5. The van der Waals surface area contributed by atoms with Crippen LogP contribution in [0, 0.1) is 11.2 Å². The predicted octanol–water partition coefficient (Wildman–Crippen LogP) is 7.33. The zero-order chi connectivity index (χ0) is 18.0. The van der Waals surface area contributed by atoms with Crippen molar-refractivity contribution in [2.75, 3.05) is 0 Å². The first-order chi connectivity index (χ1) is 11.8. The Bertz CT molecular complexity index is 765. The van der Waals surface area contributed by atoms with E-state index in [1.165, 1.54) is 12.1 Å². The summed E-state index contributed by atoms with van der Waals surface area (Å²) in [5.41, 5.74) is 2.29. The molecule has 1 N–H and O–H groups in total. The number of benzene rings is 2. The van der Waals surface area contributed by atoms with Crippen molar-refractivity contribution in [2.45, 2.75) is 43.3 Å². The Hall–Kier alpha value is -1.45. The third-order valence-electron chi connectivity index (χ3n) is 4.64. The number of thioether (sulfide) groups is 1. The summed E-state index contributed by atoms with van der Waals surface area (Å²) in [6.45, 7) is 4.37. The van der Waals surface area contributed by atoms with Gasteiger partial charge in [-0.05, 0) is 65.8 Å². The molecular weight excluding hydrogens is 355 g/mol. The Morgan fingerprint density at radius 3 is 2.32 bits per heavy atom. The quantitative estimate of drug-likeness (QED) is 0.563. The van der Waals surface area contributed by atoms with Crippen LogP contribution >= 0.6 is 23.4 Å². The van der Waals surface area contributed by atoms with E-state index in [1.807, 2.05) is 24.3 Å². The zero-order valence-corrected chi connectivity index (χ0v) is 16.0. The smallest absolute Gasteiger partial charge is 0.123 e. The van der Waals surface area contributed by atoms with Gasteiger partial charge in [-0.2, -0.15) is 0 Å². The number of hydrogen-bond donors (Lipinski definition) is 1. The van der Waals surface area contributed by atoms with E-state index in [2.05, 4.69) is 13.8 Å². The van der Waals surface area contributed by atoms with Gasteiger partial charge in [0.05, 0.1) is 11.0 Å². The summed E-state index contributed by atoms with van der Waals surface area (Å²) in [6, 6.07) is 14.3. The maximum atomic E-state index is 13.2. The van der Waals surface area contributed by atoms with E-state index >= 15 is 0 Å². The summed E-state index contributed by atoms with van der Waals surface area (Å²) in [6.07, 6.45) is 2.59. The fourth-order valence-electron chi connectivity index (χ4n) is 3.18. The summed E-state index contributed by atoms with van der Waals surface area (Å²) in [4.78, 5) is 0.978. The SMILES string of the molecule is CC1(C)CCC(C(Sc2ccc(F)cc2)c2ccc(Cl)cc2)=C(O)C1. The molecule has 0 aliphatic heterocycles. The summed E-state index contributed by atoms with van der Waals surface area (Å²) < 4.78 is 13.2. The molecule has 0 saturated heterocycles. The largest absolute Gasteiger partial charge is 0.512 e. The molecule has 0 bridgehead atoms.